The molecule has 0 saturated heterocycles. The number of esters is 2. The molecule has 1 atom stereocenters. The van der Waals surface area contributed by atoms with Crippen molar-refractivity contribution < 1.29 is 28.5 Å². The number of carbonyl (C=O) groups excluding carboxylic acids is 2. The number of allylic oxidation sites excluding steroid dienone is 2. The molecule has 0 bridgehead atoms. The van der Waals surface area contributed by atoms with Gasteiger partial charge in [0.25, 0.3) is 0 Å². The van der Waals surface area contributed by atoms with Gasteiger partial charge < -0.3 is 23.8 Å². The summed E-state index contributed by atoms with van der Waals surface area (Å²) in [4.78, 5) is 29.3. The van der Waals surface area contributed by atoms with Gasteiger partial charge in [0.15, 0.2) is 11.5 Å². The second kappa shape index (κ2) is 13.7. The summed E-state index contributed by atoms with van der Waals surface area (Å²) >= 11 is 0. The Morgan fingerprint density at radius 3 is 1.90 bits per heavy atom. The number of hydrogen-bond donors (Lipinski definition) is 0. The van der Waals surface area contributed by atoms with Crippen molar-refractivity contribution in [3.63, 3.8) is 0 Å². The average Bonchev–Trinajstić information content (AvgIpc) is 3.01. The molecule has 1 aliphatic heterocycles. The summed E-state index contributed by atoms with van der Waals surface area (Å²) in [6.45, 7) is 4.53. The van der Waals surface area contributed by atoms with Crippen LogP contribution in [0.5, 0.6) is 11.5 Å². The summed E-state index contributed by atoms with van der Waals surface area (Å²) in [6, 6.07) is 25.2. The molecule has 1 unspecified atom stereocenters. The number of carbonyl (C=O) groups is 2. The average molecular weight is 556 g/mol. The van der Waals surface area contributed by atoms with Crippen molar-refractivity contribution in [2.75, 3.05) is 27.9 Å². The van der Waals surface area contributed by atoms with Crippen molar-refractivity contribution >= 4 is 11.9 Å². The van der Waals surface area contributed by atoms with Crippen molar-refractivity contribution in [2.45, 2.75) is 39.2 Å². The highest BCUT2D eigenvalue weighted by atomic mass is 16.5. The molecular formula is C34H37NO6. The predicted molar refractivity (Wildman–Crippen MR) is 157 cm³/mol. The van der Waals surface area contributed by atoms with Crippen molar-refractivity contribution in [1.29, 1.82) is 0 Å². The number of methoxy groups -OCH3 is 3. The standard InChI is InChI=1S/C34H37NO6/c1-23-30(33(36)40-5)32(27-18-19-28(38-3)29(21-27)39-4)31(34(37)41-22-26-15-10-7-11-16-26)24(2)35(23)20-12-17-25-13-8-6-9-14-25/h6-11,13-16,18-19,21,32H,12,17,20,22H2,1-5H3. The third kappa shape index (κ3) is 6.62. The lowest BCUT2D eigenvalue weighted by molar-refractivity contribution is -0.141. The molecule has 3 aromatic rings. The van der Waals surface area contributed by atoms with Gasteiger partial charge in [-0.3, -0.25) is 0 Å². The van der Waals surface area contributed by atoms with E-state index in [0.717, 1.165) is 29.8 Å². The highest BCUT2D eigenvalue weighted by molar-refractivity contribution is 6.00. The van der Waals surface area contributed by atoms with Gasteiger partial charge in [0.1, 0.15) is 6.61 Å². The summed E-state index contributed by atoms with van der Waals surface area (Å²) in [5, 5.41) is 0. The second-order valence-corrected chi connectivity index (χ2v) is 9.84. The zero-order chi connectivity index (χ0) is 29.4. The fourth-order valence-corrected chi connectivity index (χ4v) is 5.33. The molecule has 0 saturated carbocycles. The second-order valence-electron chi connectivity index (χ2n) is 9.84. The minimum atomic E-state index is -0.726. The van der Waals surface area contributed by atoms with E-state index < -0.39 is 17.9 Å². The zero-order valence-corrected chi connectivity index (χ0v) is 24.3. The summed E-state index contributed by atoms with van der Waals surface area (Å²) < 4.78 is 22.1. The molecule has 0 aromatic heterocycles. The molecule has 0 fully saturated rings. The summed E-state index contributed by atoms with van der Waals surface area (Å²) in [5.74, 6) is -0.684. The van der Waals surface area contributed by atoms with E-state index in [9.17, 15) is 9.59 Å². The number of ether oxygens (including phenoxy) is 4. The minimum Gasteiger partial charge on any atom is -0.493 e. The Morgan fingerprint density at radius 2 is 1.32 bits per heavy atom. The molecule has 1 heterocycles. The number of aryl methyl sites for hydroxylation is 1. The van der Waals surface area contributed by atoms with Crippen LogP contribution in [0.15, 0.2) is 101 Å². The van der Waals surface area contributed by atoms with Crippen molar-refractivity contribution in [3.05, 3.63) is 118 Å². The molecule has 0 N–H and O–H groups in total. The van der Waals surface area contributed by atoms with Gasteiger partial charge in [-0.1, -0.05) is 66.7 Å². The molecule has 0 aliphatic carbocycles. The molecule has 1 aliphatic rings. The van der Waals surface area contributed by atoms with E-state index in [4.69, 9.17) is 18.9 Å². The van der Waals surface area contributed by atoms with E-state index in [1.807, 2.05) is 73.3 Å². The maximum absolute atomic E-state index is 13.9. The van der Waals surface area contributed by atoms with E-state index in [0.29, 0.717) is 34.8 Å². The molecule has 0 radical (unpaired) electrons. The van der Waals surface area contributed by atoms with E-state index >= 15 is 0 Å². The maximum atomic E-state index is 13.9. The quantitative estimate of drug-likeness (QED) is 0.261. The highest BCUT2D eigenvalue weighted by Crippen LogP contribution is 2.45. The third-order valence-electron chi connectivity index (χ3n) is 7.44. The molecule has 0 amide bonds. The topological polar surface area (TPSA) is 74.3 Å². The largest absolute Gasteiger partial charge is 0.493 e. The van der Waals surface area contributed by atoms with Crippen LogP contribution in [0.2, 0.25) is 0 Å². The van der Waals surface area contributed by atoms with Crippen LogP contribution in [0.1, 0.15) is 42.9 Å². The first-order valence-corrected chi connectivity index (χ1v) is 13.6. The van der Waals surface area contributed by atoms with Gasteiger partial charge in [-0.15, -0.1) is 0 Å². The van der Waals surface area contributed by atoms with Crippen LogP contribution in [0.25, 0.3) is 0 Å². The number of benzene rings is 3. The number of hydrogen-bond acceptors (Lipinski definition) is 7. The summed E-state index contributed by atoms with van der Waals surface area (Å²) in [7, 11) is 4.47. The fraction of sp³-hybridized carbons (Fsp3) is 0.294. The first-order valence-electron chi connectivity index (χ1n) is 13.6. The molecule has 7 nitrogen and oxygen atoms in total. The molecule has 0 spiro atoms. The van der Waals surface area contributed by atoms with Crippen molar-refractivity contribution in [2.24, 2.45) is 0 Å². The molecule has 214 valence electrons. The molecule has 41 heavy (non-hydrogen) atoms. The van der Waals surface area contributed by atoms with Crippen molar-refractivity contribution in [1.82, 2.24) is 4.90 Å². The predicted octanol–water partition coefficient (Wildman–Crippen LogP) is 6.20. The summed E-state index contributed by atoms with van der Waals surface area (Å²) in [5.41, 5.74) is 5.04. The van der Waals surface area contributed by atoms with E-state index in [2.05, 4.69) is 12.1 Å². The Kier molecular flexibility index (Phi) is 9.85. The number of rotatable bonds is 11. The van der Waals surface area contributed by atoms with Gasteiger partial charge in [-0.2, -0.15) is 0 Å². The zero-order valence-electron chi connectivity index (χ0n) is 24.3. The van der Waals surface area contributed by atoms with Crippen LogP contribution in [0.3, 0.4) is 0 Å². The molecule has 3 aromatic carbocycles. The Balaban J connectivity index is 1.78. The highest BCUT2D eigenvalue weighted by Gasteiger charge is 2.40. The lowest BCUT2D eigenvalue weighted by atomic mass is 9.79. The monoisotopic (exact) mass is 555 g/mol. The number of nitrogens with zero attached hydrogens (tertiary/aromatic N) is 1. The third-order valence-corrected chi connectivity index (χ3v) is 7.44. The van der Waals surface area contributed by atoms with Gasteiger partial charge in [0, 0.05) is 17.9 Å². The fourth-order valence-electron chi connectivity index (χ4n) is 5.33. The van der Waals surface area contributed by atoms with Gasteiger partial charge in [-0.25, -0.2) is 9.59 Å². The van der Waals surface area contributed by atoms with Crippen LogP contribution in [0, 0.1) is 0 Å². The van der Waals surface area contributed by atoms with Crippen LogP contribution >= 0.6 is 0 Å². The minimum absolute atomic E-state index is 0.110. The Bertz CT molecular complexity index is 1430. The van der Waals surface area contributed by atoms with Crippen LogP contribution < -0.4 is 9.47 Å². The van der Waals surface area contributed by atoms with Crippen LogP contribution in [-0.4, -0.2) is 44.7 Å². The smallest absolute Gasteiger partial charge is 0.337 e. The van der Waals surface area contributed by atoms with E-state index in [1.165, 1.54) is 12.7 Å². The van der Waals surface area contributed by atoms with Gasteiger partial charge >= 0.3 is 11.9 Å². The van der Waals surface area contributed by atoms with Crippen molar-refractivity contribution in [3.8, 4) is 11.5 Å². The first kappa shape index (κ1) is 29.5. The van der Waals surface area contributed by atoms with E-state index in [1.54, 1.807) is 26.4 Å². The molecule has 4 rings (SSSR count). The Morgan fingerprint density at radius 1 is 0.732 bits per heavy atom. The van der Waals surface area contributed by atoms with Crippen LogP contribution in [-0.2, 0) is 32.1 Å². The van der Waals surface area contributed by atoms with Gasteiger partial charge in [-0.05, 0) is 55.5 Å². The lowest BCUT2D eigenvalue weighted by Gasteiger charge is -2.38. The van der Waals surface area contributed by atoms with Gasteiger partial charge in [0.2, 0.25) is 0 Å². The maximum Gasteiger partial charge on any atom is 0.337 e. The molecule has 7 heteroatoms. The van der Waals surface area contributed by atoms with E-state index in [-0.39, 0.29) is 6.61 Å². The lowest BCUT2D eigenvalue weighted by Crippen LogP contribution is -2.36. The Labute approximate surface area is 242 Å². The van der Waals surface area contributed by atoms with Crippen LogP contribution in [0.4, 0.5) is 0 Å². The summed E-state index contributed by atoms with van der Waals surface area (Å²) in [6.07, 6.45) is 1.68. The molecular weight excluding hydrogens is 518 g/mol. The Hall–Kier alpha value is -4.52. The first-order chi connectivity index (χ1) is 19.9. The SMILES string of the molecule is COC(=O)C1=C(C)N(CCCc2ccccc2)C(C)=C(C(=O)OCc2ccccc2)C1c1ccc(OC)c(OC)c1. The van der Waals surface area contributed by atoms with Gasteiger partial charge in [0.05, 0.1) is 38.4 Å². The normalized spacial score (nSPS) is 15.0.